The Hall–Kier alpha value is -11.8. The van der Waals surface area contributed by atoms with Crippen molar-refractivity contribution >= 4 is 128 Å². The Balaban J connectivity index is 1.15. The number of carboxylic acid groups (broad SMARTS) is 1. The van der Waals surface area contributed by atoms with Crippen LogP contribution in [0.5, 0.6) is 5.75 Å². The summed E-state index contributed by atoms with van der Waals surface area (Å²) >= 11 is 1.11. The van der Waals surface area contributed by atoms with Crippen LogP contribution in [0.3, 0.4) is 0 Å². The summed E-state index contributed by atoms with van der Waals surface area (Å²) in [5, 5.41) is 70.7. The number of aliphatic carboxylic acids is 1. The van der Waals surface area contributed by atoms with E-state index in [1.54, 1.807) is 86.9 Å². The average Bonchev–Trinajstić information content (AvgIpc) is 1.80. The number of primary amides is 1. The molecule has 125 heavy (non-hydrogen) atoms. The number of nitrogens with one attached hydrogen (secondary N) is 12. The van der Waals surface area contributed by atoms with Crippen LogP contribution in [0.1, 0.15) is 129 Å². The highest BCUT2D eigenvalue weighted by molar-refractivity contribution is 7.99. The van der Waals surface area contributed by atoms with Gasteiger partial charge in [0, 0.05) is 112 Å². The van der Waals surface area contributed by atoms with Crippen LogP contribution < -0.4 is 64.6 Å². The lowest BCUT2D eigenvalue weighted by Gasteiger charge is -2.36. The number of para-hydroxylation sites is 2. The Kier molecular flexibility index (Phi) is 37.0. The zero-order valence-electron chi connectivity index (χ0n) is 72.0. The van der Waals surface area contributed by atoms with Crippen molar-refractivity contribution in [3.05, 3.63) is 102 Å². The van der Waals surface area contributed by atoms with Gasteiger partial charge in [-0.1, -0.05) is 102 Å². The van der Waals surface area contributed by atoms with Gasteiger partial charge in [0.2, 0.25) is 88.6 Å². The molecular weight excluding hydrogens is 1640 g/mol. The molecular formula is C85H121N19O20S. The first-order chi connectivity index (χ1) is 59.5. The third-order valence-corrected chi connectivity index (χ3v) is 23.8. The van der Waals surface area contributed by atoms with Crippen LogP contribution in [0.25, 0.3) is 21.8 Å². The number of H-pyrrole nitrogens is 2. The number of carbonyl (C=O) groups excluding carboxylic acids is 15. The number of aromatic hydroxyl groups is 1. The highest BCUT2D eigenvalue weighted by Crippen LogP contribution is 2.28. The molecule has 3 aliphatic rings. The number of amides is 15. The number of rotatable bonds is 21. The second-order valence-corrected chi connectivity index (χ2v) is 33.6. The number of carboxylic acids is 1. The maximum Gasteiger partial charge on any atom is 0.305 e. The second kappa shape index (κ2) is 46.8. The summed E-state index contributed by atoms with van der Waals surface area (Å²) in [5.74, 6) is -15.5. The highest BCUT2D eigenvalue weighted by Gasteiger charge is 2.46. The van der Waals surface area contributed by atoms with Gasteiger partial charge in [-0.3, -0.25) is 76.7 Å². The van der Waals surface area contributed by atoms with E-state index in [0.717, 1.165) is 31.4 Å². The molecule has 15 atom stereocenters. The maximum atomic E-state index is 15.6. The third kappa shape index (κ3) is 26.9. The highest BCUT2D eigenvalue weighted by atomic mass is 32.2. The number of aliphatic hydroxyl groups is 2. The van der Waals surface area contributed by atoms with Gasteiger partial charge in [0.15, 0.2) is 0 Å². The number of carbonyl (C=O) groups is 16. The molecule has 20 N–H and O–H groups in total. The molecule has 15 amide bonds. The number of thioether (sulfide) groups is 1. The number of phenols is 1. The Bertz CT molecular complexity index is 4660. The summed E-state index contributed by atoms with van der Waals surface area (Å²) < 4.78 is 0. The second-order valence-electron chi connectivity index (χ2n) is 32.5. The van der Waals surface area contributed by atoms with Gasteiger partial charge in [0.25, 0.3) is 0 Å². The number of hydrogen-bond acceptors (Lipinski definition) is 22. The van der Waals surface area contributed by atoms with Crippen molar-refractivity contribution in [2.45, 2.75) is 222 Å². The molecule has 5 aromatic rings. The van der Waals surface area contributed by atoms with Crippen molar-refractivity contribution < 1.29 is 97.1 Å². The topological polar surface area (TPSA) is 574 Å². The third-order valence-electron chi connectivity index (χ3n) is 22.8. The van der Waals surface area contributed by atoms with Gasteiger partial charge in [0.05, 0.1) is 31.7 Å². The molecule has 682 valence electrons. The summed E-state index contributed by atoms with van der Waals surface area (Å²) in [6, 6.07) is -0.710. The molecule has 5 heterocycles. The Morgan fingerprint density at radius 3 is 1.71 bits per heavy atom. The minimum atomic E-state index is -1.86. The summed E-state index contributed by atoms with van der Waals surface area (Å²) in [6.45, 7) is 7.03. The van der Waals surface area contributed by atoms with E-state index in [4.69, 9.17) is 11.5 Å². The van der Waals surface area contributed by atoms with Crippen LogP contribution >= 0.6 is 11.8 Å². The van der Waals surface area contributed by atoms with Gasteiger partial charge in [-0.2, -0.15) is 11.8 Å². The van der Waals surface area contributed by atoms with Crippen molar-refractivity contribution in [2.24, 2.45) is 17.4 Å². The van der Waals surface area contributed by atoms with Gasteiger partial charge in [0.1, 0.15) is 84.3 Å². The standard InChI is InChI=1S/C85H121N19O20S/c1-10-12-23-66-78(117)92-47(5)72(111)99-65(74(113)91-42-70(87)108)45-125-32-30-88-59(34-49-26-28-52(106)29-27-49)81(120)100(7)48(6)73(112)94-62(38-71(109)110)83(122)103-31-18-25-67(103)79(118)97-63(39-86)76(115)95-60(33-46(3)4)84(123)104-43-53(107)37-69(104)80(119)93-58(35-50-40-89-56-21-16-14-19-54(50)56)75(114)98-64(44-105)77(116)96-61(36-51-41-90-57-22-17-15-20-55(51)57)82(121)102(9)68(24-13-11-2)85(124)101(66)8/h14-17,19-22,26-29,40-41,46-48,53,58-69,88-90,105-107H,10-13,18,23-25,30-39,42-45,86H2,1-9H3,(H2,87,108)(H,91,113)(H,92,117)(H,93,119)(H,94,112)(H,95,115)(H,96,116)(H,97,118)(H,98,114)(H,99,111)(H,109,110)/t47-,48-,53+,58-,59-,60-,61-,62-,63-,64-,65-,66-,67-,68-,69-/m0/s1. The van der Waals surface area contributed by atoms with E-state index < -0.39 is 218 Å². The quantitative estimate of drug-likeness (QED) is 0.0374. The van der Waals surface area contributed by atoms with E-state index in [1.807, 2.05) is 13.8 Å². The first-order valence-corrected chi connectivity index (χ1v) is 43.4. The van der Waals surface area contributed by atoms with Crippen molar-refractivity contribution in [3.63, 3.8) is 0 Å². The van der Waals surface area contributed by atoms with E-state index in [1.165, 1.54) is 52.0 Å². The number of hydrogen-bond donors (Lipinski definition) is 18. The van der Waals surface area contributed by atoms with Gasteiger partial charge in [-0.15, -0.1) is 0 Å². The number of benzene rings is 3. The Morgan fingerprint density at radius 2 is 1.11 bits per heavy atom. The fourth-order valence-electron chi connectivity index (χ4n) is 15.5. The zero-order chi connectivity index (χ0) is 91.6. The number of aromatic nitrogens is 2. The Labute approximate surface area is 728 Å². The predicted octanol–water partition coefficient (Wildman–Crippen LogP) is -2.11. The zero-order valence-corrected chi connectivity index (χ0v) is 72.8. The number of unbranched alkanes of at least 4 members (excludes halogenated alkanes) is 2. The molecule has 3 saturated heterocycles. The van der Waals surface area contributed by atoms with Crippen molar-refractivity contribution in [3.8, 4) is 5.75 Å². The fourth-order valence-corrected chi connectivity index (χ4v) is 16.4. The minimum absolute atomic E-state index is 0.0116. The SMILES string of the molecule is CCCC[C@H]1C(=O)N(C)[C@@H](CCCC)C(=O)N[C@@H](C)C(=O)N[C@H](C(=O)NCC(N)=O)CSCCN[C@@H](Cc2ccc(O)cc2)C(=O)N(C)[C@@H](C)C(=O)N[C@@H](CC(=O)O)C(=O)N2CCC[C@H]2C(=O)N[C@@H](CN)C(=O)N[C@@H](CC(C)C)C(=O)N2C[C@H](O)C[C@H]2C(=O)N[C@@H](Cc2c[nH]c3ccccc23)C(=O)N[C@@H](CO)C(=O)N[C@@H](Cc2c[nH]c3ccccc23)C(=O)N1C. The number of fused-ring (bicyclic) bond motifs is 4. The molecule has 0 spiro atoms. The van der Waals surface area contributed by atoms with E-state index in [9.17, 15) is 68.4 Å². The molecule has 0 bridgehead atoms. The van der Waals surface area contributed by atoms with Crippen LogP contribution in [-0.2, 0) is 96.0 Å². The lowest BCUT2D eigenvalue weighted by molar-refractivity contribution is -0.149. The van der Waals surface area contributed by atoms with E-state index in [0.29, 0.717) is 64.2 Å². The number of aliphatic hydroxyl groups excluding tert-OH is 2. The molecule has 40 heteroatoms. The largest absolute Gasteiger partial charge is 0.508 e. The average molecular weight is 1760 g/mol. The normalized spacial score (nSPS) is 25.9. The molecule has 3 aromatic carbocycles. The maximum absolute atomic E-state index is 15.6. The summed E-state index contributed by atoms with van der Waals surface area (Å²) in [6.07, 6.45) is 2.00. The molecule has 8 rings (SSSR count). The van der Waals surface area contributed by atoms with Crippen LogP contribution in [0.2, 0.25) is 0 Å². The fraction of sp³-hybridized carbons (Fsp3) is 0.553. The molecule has 3 aliphatic heterocycles. The minimum Gasteiger partial charge on any atom is -0.508 e. The number of nitrogens with two attached hydrogens (primary N) is 2. The summed E-state index contributed by atoms with van der Waals surface area (Å²) in [4.78, 5) is 243. The van der Waals surface area contributed by atoms with Crippen molar-refractivity contribution in [1.82, 2.24) is 87.6 Å². The molecule has 0 radical (unpaired) electrons. The molecule has 2 aromatic heterocycles. The first-order valence-electron chi connectivity index (χ1n) is 42.3. The lowest BCUT2D eigenvalue weighted by Crippen LogP contribution is -2.62. The molecule has 0 aliphatic carbocycles. The van der Waals surface area contributed by atoms with Crippen LogP contribution in [-0.4, -0.2) is 312 Å². The molecule has 0 saturated carbocycles. The van der Waals surface area contributed by atoms with Crippen molar-refractivity contribution in [2.75, 3.05) is 72.0 Å². The van der Waals surface area contributed by atoms with Crippen LogP contribution in [0.15, 0.2) is 85.2 Å². The van der Waals surface area contributed by atoms with E-state index in [-0.39, 0.29) is 94.1 Å². The van der Waals surface area contributed by atoms with Gasteiger partial charge in [-0.25, -0.2) is 0 Å². The molecule has 0 unspecified atom stereocenters. The van der Waals surface area contributed by atoms with E-state index in [2.05, 4.69) is 63.1 Å². The Morgan fingerprint density at radius 1 is 0.576 bits per heavy atom. The van der Waals surface area contributed by atoms with Crippen LogP contribution in [0, 0.1) is 5.92 Å². The number of nitrogens with zero attached hydrogens (tertiary/aromatic N) is 5. The molecule has 39 nitrogen and oxygen atoms in total. The smallest absolute Gasteiger partial charge is 0.305 e. The number of aromatic amines is 2. The monoisotopic (exact) mass is 1760 g/mol. The predicted molar refractivity (Wildman–Crippen MR) is 461 cm³/mol. The molecule has 3 fully saturated rings. The van der Waals surface area contributed by atoms with Gasteiger partial charge < -0.3 is 120 Å². The van der Waals surface area contributed by atoms with Crippen LogP contribution in [0.4, 0.5) is 0 Å². The number of phenolic OH excluding ortho intramolecular Hbond substituents is 1. The van der Waals surface area contributed by atoms with Gasteiger partial charge in [-0.05, 0) is 99.2 Å². The van der Waals surface area contributed by atoms with Crippen molar-refractivity contribution in [1.29, 1.82) is 0 Å². The van der Waals surface area contributed by atoms with Gasteiger partial charge >= 0.3 is 5.97 Å². The summed E-state index contributed by atoms with van der Waals surface area (Å²) in [5.41, 5.74) is 14.4. The first kappa shape index (κ1) is 98.7. The lowest BCUT2D eigenvalue weighted by atomic mass is 10.00. The van der Waals surface area contributed by atoms with E-state index >= 15 is 28.8 Å². The summed E-state index contributed by atoms with van der Waals surface area (Å²) in [7, 11) is 4.04. The number of likely N-dealkylation sites (N-methyl/N-ethyl adjacent to an activating group) is 3.